The molecular formula is C16H20N6O2S. The topological polar surface area (TPSA) is 79.5 Å². The molecule has 1 fully saturated rings. The van der Waals surface area contributed by atoms with Crippen LogP contribution >= 0.6 is 12.2 Å². The lowest BCUT2D eigenvalue weighted by atomic mass is 10.2. The maximum absolute atomic E-state index is 10.7. The average Bonchev–Trinajstić information content (AvgIpc) is 3.01. The smallest absolute Gasteiger partial charge is 0.269 e. The summed E-state index contributed by atoms with van der Waals surface area (Å²) in [6.45, 7) is 4.44. The number of nitrogens with zero attached hydrogens (tertiary/aromatic N) is 5. The number of thiocarbonyl (C=S) groups is 1. The molecule has 0 amide bonds. The molecule has 0 saturated carbocycles. The van der Waals surface area contributed by atoms with Gasteiger partial charge in [0.15, 0.2) is 5.11 Å². The lowest BCUT2D eigenvalue weighted by molar-refractivity contribution is -0.384. The van der Waals surface area contributed by atoms with E-state index in [0.717, 1.165) is 38.4 Å². The largest absolute Gasteiger partial charge is 0.346 e. The monoisotopic (exact) mass is 360 g/mol. The Morgan fingerprint density at radius 3 is 2.52 bits per heavy atom. The number of non-ortho nitro benzene ring substituents is 1. The van der Waals surface area contributed by atoms with Crippen LogP contribution in [0.4, 0.5) is 11.4 Å². The minimum absolute atomic E-state index is 0.0699. The van der Waals surface area contributed by atoms with E-state index in [0.29, 0.717) is 5.11 Å². The van der Waals surface area contributed by atoms with Gasteiger partial charge >= 0.3 is 0 Å². The first-order chi connectivity index (χ1) is 12.0. The number of aryl methyl sites for hydroxylation is 1. The van der Waals surface area contributed by atoms with E-state index in [2.05, 4.69) is 20.2 Å². The number of nitro benzene ring substituents is 1. The van der Waals surface area contributed by atoms with Gasteiger partial charge in [0, 0.05) is 69.4 Å². The molecule has 25 heavy (non-hydrogen) atoms. The molecule has 1 aliphatic rings. The van der Waals surface area contributed by atoms with Gasteiger partial charge < -0.3 is 10.2 Å². The molecule has 8 nitrogen and oxygen atoms in total. The summed E-state index contributed by atoms with van der Waals surface area (Å²) in [5.74, 6) is 0. The van der Waals surface area contributed by atoms with E-state index in [1.54, 1.807) is 12.1 Å². The predicted octanol–water partition coefficient (Wildman–Crippen LogP) is 1.84. The van der Waals surface area contributed by atoms with Crippen molar-refractivity contribution in [3.63, 3.8) is 0 Å². The summed E-state index contributed by atoms with van der Waals surface area (Å²) >= 11 is 5.46. The van der Waals surface area contributed by atoms with Crippen molar-refractivity contribution in [3.05, 3.63) is 52.3 Å². The molecule has 1 saturated heterocycles. The Labute approximate surface area is 151 Å². The zero-order valence-electron chi connectivity index (χ0n) is 14.0. The number of piperazine rings is 1. The Hall–Kier alpha value is -2.52. The fraction of sp³-hybridized carbons (Fsp3) is 0.375. The molecule has 0 aliphatic carbocycles. The summed E-state index contributed by atoms with van der Waals surface area (Å²) in [7, 11) is 1.92. The van der Waals surface area contributed by atoms with Crippen LogP contribution in [0.15, 0.2) is 36.7 Å². The van der Waals surface area contributed by atoms with Gasteiger partial charge in [-0.1, -0.05) is 0 Å². The van der Waals surface area contributed by atoms with Crippen LogP contribution in [0.5, 0.6) is 0 Å². The van der Waals surface area contributed by atoms with E-state index in [9.17, 15) is 10.1 Å². The molecule has 9 heteroatoms. The Morgan fingerprint density at radius 2 is 1.96 bits per heavy atom. The molecule has 3 rings (SSSR count). The van der Waals surface area contributed by atoms with Gasteiger partial charge in [-0.25, -0.2) is 0 Å². The maximum atomic E-state index is 10.7. The van der Waals surface area contributed by atoms with Gasteiger partial charge in [-0.05, 0) is 24.4 Å². The number of nitrogens with one attached hydrogen (secondary N) is 1. The molecule has 0 spiro atoms. The van der Waals surface area contributed by atoms with Gasteiger partial charge in [0.1, 0.15) is 0 Å². The van der Waals surface area contributed by atoms with E-state index in [4.69, 9.17) is 12.2 Å². The average molecular weight is 360 g/mol. The Balaban J connectivity index is 1.48. The van der Waals surface area contributed by atoms with Gasteiger partial charge in [-0.3, -0.25) is 19.7 Å². The second-order valence-corrected chi connectivity index (χ2v) is 6.41. The van der Waals surface area contributed by atoms with Gasteiger partial charge in [0.25, 0.3) is 5.69 Å². The van der Waals surface area contributed by atoms with Crippen LogP contribution in [-0.4, -0.2) is 55.8 Å². The number of hydrogen-bond acceptors (Lipinski definition) is 5. The minimum atomic E-state index is -0.413. The number of hydrogen-bond donors (Lipinski definition) is 1. The lowest BCUT2D eigenvalue weighted by Gasteiger charge is -2.36. The molecule has 0 atom stereocenters. The summed E-state index contributed by atoms with van der Waals surface area (Å²) in [5, 5.41) is 18.7. The lowest BCUT2D eigenvalue weighted by Crippen LogP contribution is -2.49. The summed E-state index contributed by atoms with van der Waals surface area (Å²) < 4.78 is 1.81. The molecule has 0 unspecified atom stereocenters. The Morgan fingerprint density at radius 1 is 1.28 bits per heavy atom. The third kappa shape index (κ3) is 4.52. The number of benzene rings is 1. The van der Waals surface area contributed by atoms with Crippen molar-refractivity contribution in [2.75, 3.05) is 31.5 Å². The highest BCUT2D eigenvalue weighted by atomic mass is 32.1. The van der Waals surface area contributed by atoms with Crippen molar-refractivity contribution in [1.82, 2.24) is 19.6 Å². The van der Waals surface area contributed by atoms with Crippen LogP contribution in [0.1, 0.15) is 5.56 Å². The quantitative estimate of drug-likeness (QED) is 0.506. The van der Waals surface area contributed by atoms with Crippen LogP contribution in [0, 0.1) is 10.1 Å². The van der Waals surface area contributed by atoms with Gasteiger partial charge in [0.2, 0.25) is 0 Å². The molecule has 132 valence electrons. The minimum Gasteiger partial charge on any atom is -0.346 e. The van der Waals surface area contributed by atoms with Crippen molar-refractivity contribution >= 4 is 28.7 Å². The van der Waals surface area contributed by atoms with E-state index in [1.165, 1.54) is 17.7 Å². The van der Waals surface area contributed by atoms with Crippen LogP contribution < -0.4 is 5.32 Å². The zero-order chi connectivity index (χ0) is 17.8. The van der Waals surface area contributed by atoms with Crippen LogP contribution in [-0.2, 0) is 13.6 Å². The molecular weight excluding hydrogens is 340 g/mol. The summed E-state index contributed by atoms with van der Waals surface area (Å²) in [6.07, 6.45) is 3.93. The Kier molecular flexibility index (Phi) is 5.25. The van der Waals surface area contributed by atoms with E-state index >= 15 is 0 Å². The van der Waals surface area contributed by atoms with Gasteiger partial charge in [0.05, 0.1) is 11.1 Å². The number of rotatable bonds is 4. The van der Waals surface area contributed by atoms with Gasteiger partial charge in [-0.2, -0.15) is 5.10 Å². The third-order valence-corrected chi connectivity index (χ3v) is 4.51. The SMILES string of the molecule is Cn1cc(CN2CCN(C(=S)Nc3ccc([N+](=O)[O-])cc3)CC2)cn1. The van der Waals surface area contributed by atoms with E-state index < -0.39 is 4.92 Å². The normalized spacial score (nSPS) is 15.2. The van der Waals surface area contributed by atoms with Gasteiger partial charge in [-0.15, -0.1) is 0 Å². The second kappa shape index (κ2) is 7.58. The number of nitro groups is 1. The highest BCUT2D eigenvalue weighted by molar-refractivity contribution is 7.80. The molecule has 2 heterocycles. The molecule has 1 N–H and O–H groups in total. The van der Waals surface area contributed by atoms with Crippen molar-refractivity contribution in [1.29, 1.82) is 0 Å². The fourth-order valence-corrected chi connectivity index (χ4v) is 3.09. The third-order valence-electron chi connectivity index (χ3n) is 4.15. The van der Waals surface area contributed by atoms with E-state index in [1.807, 2.05) is 24.1 Å². The van der Waals surface area contributed by atoms with Crippen molar-refractivity contribution < 1.29 is 4.92 Å². The standard InChI is InChI=1S/C16H20N6O2S/c1-19-11-13(10-17-19)12-20-6-8-21(9-7-20)16(25)18-14-2-4-15(5-3-14)22(23)24/h2-5,10-11H,6-9,12H2,1H3,(H,18,25). The fourth-order valence-electron chi connectivity index (χ4n) is 2.79. The highest BCUT2D eigenvalue weighted by Gasteiger charge is 2.19. The molecule has 1 aliphatic heterocycles. The highest BCUT2D eigenvalue weighted by Crippen LogP contribution is 2.16. The maximum Gasteiger partial charge on any atom is 0.269 e. The van der Waals surface area contributed by atoms with Crippen molar-refractivity contribution in [2.24, 2.45) is 7.05 Å². The predicted molar refractivity (Wildman–Crippen MR) is 99.4 cm³/mol. The molecule has 0 bridgehead atoms. The van der Waals surface area contributed by atoms with Crippen LogP contribution in [0.3, 0.4) is 0 Å². The van der Waals surface area contributed by atoms with Crippen molar-refractivity contribution in [3.8, 4) is 0 Å². The summed E-state index contributed by atoms with van der Waals surface area (Å²) in [6, 6.07) is 6.28. The first kappa shape index (κ1) is 17.3. The first-order valence-corrected chi connectivity index (χ1v) is 8.42. The summed E-state index contributed by atoms with van der Waals surface area (Å²) in [5.41, 5.74) is 2.04. The zero-order valence-corrected chi connectivity index (χ0v) is 14.8. The number of aromatic nitrogens is 2. The first-order valence-electron chi connectivity index (χ1n) is 8.01. The molecule has 0 radical (unpaired) electrons. The molecule has 2 aromatic rings. The Bertz CT molecular complexity index is 752. The summed E-state index contributed by atoms with van der Waals surface area (Å²) in [4.78, 5) is 14.8. The number of anilines is 1. The van der Waals surface area contributed by atoms with Crippen LogP contribution in [0.2, 0.25) is 0 Å². The van der Waals surface area contributed by atoms with Crippen molar-refractivity contribution in [2.45, 2.75) is 6.54 Å². The van der Waals surface area contributed by atoms with E-state index in [-0.39, 0.29) is 5.69 Å². The van der Waals surface area contributed by atoms with Crippen LogP contribution in [0.25, 0.3) is 0 Å². The molecule has 1 aromatic carbocycles. The second-order valence-electron chi connectivity index (χ2n) is 6.02. The molecule has 1 aromatic heterocycles.